The molecule has 1 heterocycles. The van der Waals surface area contributed by atoms with Gasteiger partial charge in [-0.3, -0.25) is 9.48 Å². The van der Waals surface area contributed by atoms with Crippen molar-refractivity contribution in [2.24, 2.45) is 11.7 Å². The van der Waals surface area contributed by atoms with Crippen molar-refractivity contribution in [3.05, 3.63) is 54.4 Å². The molecule has 0 radical (unpaired) electrons. The maximum absolute atomic E-state index is 11.4. The van der Waals surface area contributed by atoms with Gasteiger partial charge in [-0.15, -0.1) is 0 Å². The molecule has 1 aromatic heterocycles. The second-order valence-electron chi connectivity index (χ2n) is 4.02. The van der Waals surface area contributed by atoms with Gasteiger partial charge in [0, 0.05) is 12.4 Å². The van der Waals surface area contributed by atoms with Gasteiger partial charge in [0.05, 0.1) is 12.5 Å². The predicted octanol–water partition coefficient (Wildman–Crippen LogP) is 1.23. The number of rotatable bonds is 5. The minimum atomic E-state index is -0.288. The molecular weight excluding hydrogens is 214 g/mol. The van der Waals surface area contributed by atoms with Gasteiger partial charge in [0.15, 0.2) is 0 Å². The molecule has 17 heavy (non-hydrogen) atoms. The first-order chi connectivity index (χ1) is 8.25. The van der Waals surface area contributed by atoms with E-state index in [0.29, 0.717) is 13.0 Å². The fraction of sp³-hybridized carbons (Fsp3) is 0.231. The van der Waals surface area contributed by atoms with Crippen molar-refractivity contribution in [3.8, 4) is 0 Å². The van der Waals surface area contributed by atoms with Crippen LogP contribution in [-0.2, 0) is 17.8 Å². The van der Waals surface area contributed by atoms with Gasteiger partial charge < -0.3 is 5.73 Å². The quantitative estimate of drug-likeness (QED) is 0.838. The van der Waals surface area contributed by atoms with E-state index in [2.05, 4.69) is 5.10 Å². The third-order valence-corrected chi connectivity index (χ3v) is 2.69. The summed E-state index contributed by atoms with van der Waals surface area (Å²) in [4.78, 5) is 11.4. The summed E-state index contributed by atoms with van der Waals surface area (Å²) in [6, 6.07) is 11.7. The number of carbonyl (C=O) groups is 1. The minimum absolute atomic E-state index is 0.225. The summed E-state index contributed by atoms with van der Waals surface area (Å²) < 4.78 is 1.73. The van der Waals surface area contributed by atoms with E-state index in [1.165, 1.54) is 0 Å². The molecule has 1 amide bonds. The zero-order valence-corrected chi connectivity index (χ0v) is 9.49. The summed E-state index contributed by atoms with van der Waals surface area (Å²) in [6.07, 6.45) is 4.18. The van der Waals surface area contributed by atoms with Crippen LogP contribution in [0.25, 0.3) is 0 Å². The van der Waals surface area contributed by atoms with Gasteiger partial charge in [-0.05, 0) is 18.1 Å². The zero-order valence-electron chi connectivity index (χ0n) is 9.49. The van der Waals surface area contributed by atoms with Crippen LogP contribution >= 0.6 is 0 Å². The first kappa shape index (κ1) is 11.4. The largest absolute Gasteiger partial charge is 0.369 e. The summed E-state index contributed by atoms with van der Waals surface area (Å²) in [7, 11) is 0. The lowest BCUT2D eigenvalue weighted by Crippen LogP contribution is -2.29. The Bertz CT molecular complexity index is 465. The Kier molecular flexibility index (Phi) is 3.55. The van der Waals surface area contributed by atoms with Crippen LogP contribution in [0.15, 0.2) is 48.8 Å². The molecule has 4 nitrogen and oxygen atoms in total. The number of benzene rings is 1. The number of amides is 1. The second kappa shape index (κ2) is 5.30. The standard InChI is InChI=1S/C13H15N3O/c14-13(17)12(10-16-8-4-7-15-16)9-11-5-2-1-3-6-11/h1-8,12H,9-10H2,(H2,14,17)/t12-/m1/s1. The van der Waals surface area contributed by atoms with Crippen molar-refractivity contribution in [2.45, 2.75) is 13.0 Å². The molecule has 0 aliphatic carbocycles. The van der Waals surface area contributed by atoms with E-state index in [0.717, 1.165) is 5.56 Å². The van der Waals surface area contributed by atoms with Crippen LogP contribution in [0.3, 0.4) is 0 Å². The van der Waals surface area contributed by atoms with Gasteiger partial charge in [-0.25, -0.2) is 0 Å². The van der Waals surface area contributed by atoms with Gasteiger partial charge in [-0.2, -0.15) is 5.10 Å². The molecule has 0 aliphatic rings. The molecule has 4 heteroatoms. The van der Waals surface area contributed by atoms with Gasteiger partial charge in [0.2, 0.25) is 5.91 Å². The number of carbonyl (C=O) groups excluding carboxylic acids is 1. The SMILES string of the molecule is NC(=O)[C@H](Cc1ccccc1)Cn1cccn1. The molecule has 0 fully saturated rings. The molecule has 1 aromatic carbocycles. The average Bonchev–Trinajstić information content (AvgIpc) is 2.82. The molecule has 2 N–H and O–H groups in total. The lowest BCUT2D eigenvalue weighted by molar-refractivity contribution is -0.122. The summed E-state index contributed by atoms with van der Waals surface area (Å²) in [5.74, 6) is -0.512. The van der Waals surface area contributed by atoms with Gasteiger partial charge in [0.1, 0.15) is 0 Å². The maximum atomic E-state index is 11.4. The summed E-state index contributed by atoms with van der Waals surface area (Å²) >= 11 is 0. The summed E-state index contributed by atoms with van der Waals surface area (Å²) in [6.45, 7) is 0.525. The number of primary amides is 1. The van der Waals surface area contributed by atoms with E-state index in [1.807, 2.05) is 42.6 Å². The van der Waals surface area contributed by atoms with Crippen LogP contribution in [-0.4, -0.2) is 15.7 Å². The molecule has 0 saturated carbocycles. The second-order valence-corrected chi connectivity index (χ2v) is 4.02. The highest BCUT2D eigenvalue weighted by Gasteiger charge is 2.16. The van der Waals surface area contributed by atoms with Gasteiger partial charge >= 0.3 is 0 Å². The fourth-order valence-corrected chi connectivity index (χ4v) is 1.79. The molecule has 0 bridgehead atoms. The Morgan fingerprint density at radius 3 is 2.65 bits per heavy atom. The van der Waals surface area contributed by atoms with E-state index in [-0.39, 0.29) is 11.8 Å². The molecule has 0 aliphatic heterocycles. The van der Waals surface area contributed by atoms with Crippen molar-refractivity contribution < 1.29 is 4.79 Å². The molecule has 2 rings (SSSR count). The Morgan fingerprint density at radius 1 is 1.29 bits per heavy atom. The van der Waals surface area contributed by atoms with E-state index < -0.39 is 0 Å². The predicted molar refractivity (Wildman–Crippen MR) is 65.1 cm³/mol. The highest BCUT2D eigenvalue weighted by Crippen LogP contribution is 2.10. The van der Waals surface area contributed by atoms with Crippen LogP contribution in [0.2, 0.25) is 0 Å². The molecule has 0 spiro atoms. The van der Waals surface area contributed by atoms with E-state index in [1.54, 1.807) is 10.9 Å². The Balaban J connectivity index is 2.06. The summed E-state index contributed by atoms with van der Waals surface area (Å²) in [5.41, 5.74) is 6.54. The Hall–Kier alpha value is -2.10. The van der Waals surface area contributed by atoms with Gasteiger partial charge in [0.25, 0.3) is 0 Å². The fourth-order valence-electron chi connectivity index (χ4n) is 1.79. The number of nitrogens with two attached hydrogens (primary N) is 1. The lowest BCUT2D eigenvalue weighted by atomic mass is 9.99. The van der Waals surface area contributed by atoms with Crippen molar-refractivity contribution >= 4 is 5.91 Å². The third-order valence-electron chi connectivity index (χ3n) is 2.69. The summed E-state index contributed by atoms with van der Waals surface area (Å²) in [5, 5.41) is 4.09. The highest BCUT2D eigenvalue weighted by molar-refractivity contribution is 5.76. The first-order valence-electron chi connectivity index (χ1n) is 5.56. The zero-order chi connectivity index (χ0) is 12.1. The molecule has 88 valence electrons. The van der Waals surface area contributed by atoms with Crippen molar-refractivity contribution in [1.29, 1.82) is 0 Å². The Morgan fingerprint density at radius 2 is 2.06 bits per heavy atom. The van der Waals surface area contributed by atoms with E-state index in [4.69, 9.17) is 5.73 Å². The smallest absolute Gasteiger partial charge is 0.222 e. The topological polar surface area (TPSA) is 60.9 Å². The maximum Gasteiger partial charge on any atom is 0.222 e. The molecular formula is C13H15N3O. The lowest BCUT2D eigenvalue weighted by Gasteiger charge is -2.13. The van der Waals surface area contributed by atoms with Crippen LogP contribution in [0.5, 0.6) is 0 Å². The number of hydrogen-bond donors (Lipinski definition) is 1. The Labute approximate surface area is 100 Å². The number of aromatic nitrogens is 2. The molecule has 0 unspecified atom stereocenters. The molecule has 0 saturated heterocycles. The molecule has 2 aromatic rings. The van der Waals surface area contributed by atoms with Crippen LogP contribution in [0.4, 0.5) is 0 Å². The van der Waals surface area contributed by atoms with Crippen molar-refractivity contribution in [1.82, 2.24) is 9.78 Å². The van der Waals surface area contributed by atoms with Crippen molar-refractivity contribution in [3.63, 3.8) is 0 Å². The minimum Gasteiger partial charge on any atom is -0.369 e. The number of hydrogen-bond acceptors (Lipinski definition) is 2. The first-order valence-corrected chi connectivity index (χ1v) is 5.56. The average molecular weight is 229 g/mol. The van der Waals surface area contributed by atoms with Crippen LogP contribution in [0.1, 0.15) is 5.56 Å². The highest BCUT2D eigenvalue weighted by atomic mass is 16.1. The molecule has 1 atom stereocenters. The van der Waals surface area contributed by atoms with Crippen LogP contribution in [0, 0.1) is 5.92 Å². The number of nitrogens with zero attached hydrogens (tertiary/aromatic N) is 2. The monoisotopic (exact) mass is 229 g/mol. The van der Waals surface area contributed by atoms with E-state index in [9.17, 15) is 4.79 Å². The van der Waals surface area contributed by atoms with Crippen LogP contribution < -0.4 is 5.73 Å². The van der Waals surface area contributed by atoms with Gasteiger partial charge in [-0.1, -0.05) is 30.3 Å². The normalized spacial score (nSPS) is 12.2. The van der Waals surface area contributed by atoms with Crippen molar-refractivity contribution in [2.75, 3.05) is 0 Å². The third kappa shape index (κ3) is 3.17. The van der Waals surface area contributed by atoms with E-state index >= 15 is 0 Å².